The Labute approximate surface area is 125 Å². The van der Waals surface area contributed by atoms with Crippen molar-refractivity contribution in [1.82, 2.24) is 0 Å². The van der Waals surface area contributed by atoms with Crippen LogP contribution in [0.1, 0.15) is 16.7 Å². The smallest absolute Gasteiger partial charge is 0.488 e. The molecule has 0 aliphatic carbocycles. The highest BCUT2D eigenvalue weighted by molar-refractivity contribution is 6.59. The first-order valence-electron chi connectivity index (χ1n) is 6.73. The fourth-order valence-corrected chi connectivity index (χ4v) is 2.26. The Bertz CT molecular complexity index is 605. The summed E-state index contributed by atoms with van der Waals surface area (Å²) in [6, 6.07) is 11.0. The Hall–Kier alpha value is -1.98. The number of ether oxygens (including phenoxy) is 2. The molecule has 2 rings (SSSR count). The van der Waals surface area contributed by atoms with Crippen LogP contribution in [0.2, 0.25) is 0 Å². The summed E-state index contributed by atoms with van der Waals surface area (Å²) in [6.45, 7) is 4.26. The average Bonchev–Trinajstić information content (AvgIpc) is 2.43. The van der Waals surface area contributed by atoms with Gasteiger partial charge in [-0.05, 0) is 60.3 Å². The van der Waals surface area contributed by atoms with Gasteiger partial charge in [-0.3, -0.25) is 0 Å². The zero-order valence-electron chi connectivity index (χ0n) is 12.5. The van der Waals surface area contributed by atoms with E-state index in [4.69, 9.17) is 9.47 Å². The summed E-state index contributed by atoms with van der Waals surface area (Å²) in [5, 5.41) is 18.8. The number of methoxy groups -OCH3 is 1. The monoisotopic (exact) mass is 286 g/mol. The van der Waals surface area contributed by atoms with Crippen molar-refractivity contribution in [2.24, 2.45) is 0 Å². The second-order valence-electron chi connectivity index (χ2n) is 5.05. The molecule has 0 fully saturated rings. The summed E-state index contributed by atoms with van der Waals surface area (Å²) in [4.78, 5) is 0. The average molecular weight is 286 g/mol. The Kier molecular flexibility index (Phi) is 4.88. The van der Waals surface area contributed by atoms with E-state index in [-0.39, 0.29) is 6.61 Å². The van der Waals surface area contributed by atoms with Crippen LogP contribution in [0, 0.1) is 13.8 Å². The molecular formula is C16H19BO4. The normalized spacial score (nSPS) is 10.3. The van der Waals surface area contributed by atoms with Crippen molar-refractivity contribution >= 4 is 12.6 Å². The van der Waals surface area contributed by atoms with Gasteiger partial charge in [-0.25, -0.2) is 0 Å². The molecular weight excluding hydrogens is 267 g/mol. The zero-order valence-corrected chi connectivity index (χ0v) is 12.5. The van der Waals surface area contributed by atoms with Gasteiger partial charge in [0.2, 0.25) is 0 Å². The van der Waals surface area contributed by atoms with E-state index in [9.17, 15) is 10.0 Å². The minimum absolute atomic E-state index is 0.243. The van der Waals surface area contributed by atoms with Gasteiger partial charge in [-0.2, -0.15) is 0 Å². The van der Waals surface area contributed by atoms with Crippen LogP contribution in [0.4, 0.5) is 0 Å². The van der Waals surface area contributed by atoms with Crippen LogP contribution < -0.4 is 14.9 Å². The molecule has 21 heavy (non-hydrogen) atoms. The van der Waals surface area contributed by atoms with Gasteiger partial charge in [0.05, 0.1) is 7.11 Å². The molecule has 0 bridgehead atoms. The van der Waals surface area contributed by atoms with E-state index in [1.54, 1.807) is 25.3 Å². The number of hydrogen-bond donors (Lipinski definition) is 2. The van der Waals surface area contributed by atoms with Gasteiger partial charge >= 0.3 is 7.12 Å². The maximum Gasteiger partial charge on any atom is 0.488 e. The lowest BCUT2D eigenvalue weighted by Gasteiger charge is -2.13. The SMILES string of the molecule is COc1ccc(B(O)O)c(COc2cc(C)cc(C)c2)c1. The van der Waals surface area contributed by atoms with E-state index in [1.807, 2.05) is 26.0 Å². The van der Waals surface area contributed by atoms with Gasteiger partial charge in [0.25, 0.3) is 0 Å². The van der Waals surface area contributed by atoms with Crippen molar-refractivity contribution < 1.29 is 19.5 Å². The van der Waals surface area contributed by atoms with Crippen LogP contribution in [-0.4, -0.2) is 24.3 Å². The third-order valence-corrected chi connectivity index (χ3v) is 3.22. The minimum Gasteiger partial charge on any atom is -0.497 e. The van der Waals surface area contributed by atoms with Crippen LogP contribution in [0.5, 0.6) is 11.5 Å². The topological polar surface area (TPSA) is 58.9 Å². The maximum atomic E-state index is 9.41. The van der Waals surface area contributed by atoms with E-state index < -0.39 is 7.12 Å². The lowest BCUT2D eigenvalue weighted by Crippen LogP contribution is -2.33. The van der Waals surface area contributed by atoms with Crippen LogP contribution >= 0.6 is 0 Å². The second kappa shape index (κ2) is 6.65. The molecule has 0 aromatic heterocycles. The Morgan fingerprint density at radius 2 is 1.62 bits per heavy atom. The number of rotatable bonds is 5. The molecule has 5 heteroatoms. The zero-order chi connectivity index (χ0) is 15.4. The molecule has 110 valence electrons. The first-order chi connectivity index (χ1) is 9.99. The van der Waals surface area contributed by atoms with Gasteiger partial charge in [0.15, 0.2) is 0 Å². The highest BCUT2D eigenvalue weighted by Gasteiger charge is 2.17. The molecule has 0 unspecified atom stereocenters. The Morgan fingerprint density at radius 1 is 0.952 bits per heavy atom. The molecule has 2 N–H and O–H groups in total. The summed E-state index contributed by atoms with van der Waals surface area (Å²) in [5.74, 6) is 1.41. The molecule has 0 aliphatic rings. The van der Waals surface area contributed by atoms with Crippen molar-refractivity contribution in [3.8, 4) is 11.5 Å². The van der Waals surface area contributed by atoms with E-state index in [0.717, 1.165) is 16.9 Å². The molecule has 0 heterocycles. The van der Waals surface area contributed by atoms with Gasteiger partial charge < -0.3 is 19.5 Å². The number of benzene rings is 2. The summed E-state index contributed by atoms with van der Waals surface area (Å²) < 4.78 is 10.9. The fraction of sp³-hybridized carbons (Fsp3) is 0.250. The number of aryl methyl sites for hydroxylation is 2. The van der Waals surface area contributed by atoms with E-state index in [2.05, 4.69) is 6.07 Å². The van der Waals surface area contributed by atoms with Crippen LogP contribution in [-0.2, 0) is 6.61 Å². The molecule has 0 amide bonds. The summed E-state index contributed by atoms with van der Waals surface area (Å²) >= 11 is 0. The Balaban J connectivity index is 2.21. The predicted molar refractivity (Wildman–Crippen MR) is 83.1 cm³/mol. The molecule has 0 saturated heterocycles. The van der Waals surface area contributed by atoms with E-state index in [0.29, 0.717) is 16.8 Å². The summed E-state index contributed by atoms with van der Waals surface area (Å²) in [6.07, 6.45) is 0. The first kappa shape index (κ1) is 15.4. The van der Waals surface area contributed by atoms with Crippen molar-refractivity contribution in [3.05, 3.63) is 53.1 Å². The van der Waals surface area contributed by atoms with E-state index in [1.165, 1.54) is 0 Å². The van der Waals surface area contributed by atoms with Crippen molar-refractivity contribution in [1.29, 1.82) is 0 Å². The quantitative estimate of drug-likeness (QED) is 0.819. The fourth-order valence-electron chi connectivity index (χ4n) is 2.26. The molecule has 0 atom stereocenters. The molecule has 0 spiro atoms. The minimum atomic E-state index is -1.53. The first-order valence-corrected chi connectivity index (χ1v) is 6.73. The third kappa shape index (κ3) is 4.00. The maximum absolute atomic E-state index is 9.41. The van der Waals surface area contributed by atoms with Crippen molar-refractivity contribution in [2.45, 2.75) is 20.5 Å². The summed E-state index contributed by atoms with van der Waals surface area (Å²) in [5.41, 5.74) is 3.35. The van der Waals surface area contributed by atoms with Gasteiger partial charge in [-0.15, -0.1) is 0 Å². The third-order valence-electron chi connectivity index (χ3n) is 3.22. The lowest BCUT2D eigenvalue weighted by atomic mass is 9.77. The molecule has 0 radical (unpaired) electrons. The highest BCUT2D eigenvalue weighted by atomic mass is 16.5. The summed E-state index contributed by atoms with van der Waals surface area (Å²) in [7, 11) is 0.0348. The largest absolute Gasteiger partial charge is 0.497 e. The second-order valence-corrected chi connectivity index (χ2v) is 5.05. The van der Waals surface area contributed by atoms with E-state index >= 15 is 0 Å². The van der Waals surface area contributed by atoms with Crippen molar-refractivity contribution in [3.63, 3.8) is 0 Å². The van der Waals surface area contributed by atoms with Gasteiger partial charge in [0.1, 0.15) is 18.1 Å². The Morgan fingerprint density at radius 3 is 2.19 bits per heavy atom. The molecule has 4 nitrogen and oxygen atoms in total. The molecule has 2 aromatic carbocycles. The predicted octanol–water partition coefficient (Wildman–Crippen LogP) is 1.57. The molecule has 2 aromatic rings. The standard InChI is InChI=1S/C16H19BO4/c1-11-6-12(2)8-15(7-11)21-10-13-9-14(20-3)4-5-16(13)17(18)19/h4-9,18-19H,10H2,1-3H3. The van der Waals surface area contributed by atoms with Crippen LogP contribution in [0.25, 0.3) is 0 Å². The molecule has 0 aliphatic heterocycles. The lowest BCUT2D eigenvalue weighted by molar-refractivity contribution is 0.305. The van der Waals surface area contributed by atoms with Gasteiger partial charge in [-0.1, -0.05) is 12.1 Å². The highest BCUT2D eigenvalue weighted by Crippen LogP contribution is 2.19. The van der Waals surface area contributed by atoms with Crippen LogP contribution in [0.15, 0.2) is 36.4 Å². The molecule has 0 saturated carbocycles. The number of hydrogen-bond acceptors (Lipinski definition) is 4. The van der Waals surface area contributed by atoms with Crippen LogP contribution in [0.3, 0.4) is 0 Å². The van der Waals surface area contributed by atoms with Gasteiger partial charge in [0, 0.05) is 0 Å². The van der Waals surface area contributed by atoms with Crippen molar-refractivity contribution in [2.75, 3.05) is 7.11 Å².